The van der Waals surface area contributed by atoms with Crippen LogP contribution in [0.2, 0.25) is 0 Å². The minimum Gasteiger partial charge on any atom is -0.393 e. The molecule has 0 rings (SSSR count). The van der Waals surface area contributed by atoms with Gasteiger partial charge in [0, 0.05) is 0 Å². The average molecular weight is 182 g/mol. The zero-order valence-electron chi connectivity index (χ0n) is 8.92. The Balaban J connectivity index is 3.31. The van der Waals surface area contributed by atoms with Gasteiger partial charge in [0.25, 0.3) is 0 Å². The summed E-state index contributed by atoms with van der Waals surface area (Å²) in [5.74, 6) is 0. The van der Waals surface area contributed by atoms with Crippen molar-refractivity contribution in [2.45, 2.75) is 52.1 Å². The molecule has 1 heteroatoms. The van der Waals surface area contributed by atoms with Gasteiger partial charge in [0.15, 0.2) is 0 Å². The molecule has 0 heterocycles. The molecule has 0 aromatic rings. The normalized spacial score (nSPS) is 12.2. The second-order valence-corrected chi connectivity index (χ2v) is 3.73. The summed E-state index contributed by atoms with van der Waals surface area (Å²) >= 11 is 0. The standard InChI is InChI=1S/C12H22O/c1-4-5-9-12(13)10-7-6-8-11(2)3/h4,8,12-13H,1,5-7,9-10H2,2-3H3. The summed E-state index contributed by atoms with van der Waals surface area (Å²) in [5.41, 5.74) is 1.36. The maximum absolute atomic E-state index is 9.48. The minimum absolute atomic E-state index is 0.136. The van der Waals surface area contributed by atoms with E-state index in [1.165, 1.54) is 5.57 Å². The van der Waals surface area contributed by atoms with E-state index < -0.39 is 0 Å². The molecule has 13 heavy (non-hydrogen) atoms. The molecule has 1 atom stereocenters. The molecule has 1 nitrogen and oxygen atoms in total. The molecule has 0 amide bonds. The number of hydrogen-bond donors (Lipinski definition) is 1. The van der Waals surface area contributed by atoms with Gasteiger partial charge < -0.3 is 5.11 Å². The van der Waals surface area contributed by atoms with E-state index in [0.29, 0.717) is 0 Å². The Kier molecular flexibility index (Phi) is 7.71. The fourth-order valence-corrected chi connectivity index (χ4v) is 1.20. The van der Waals surface area contributed by atoms with Crippen molar-refractivity contribution in [2.75, 3.05) is 0 Å². The summed E-state index contributed by atoms with van der Waals surface area (Å²) in [4.78, 5) is 0. The maximum atomic E-state index is 9.48. The smallest absolute Gasteiger partial charge is 0.0543 e. The van der Waals surface area contributed by atoms with Crippen LogP contribution in [-0.2, 0) is 0 Å². The van der Waals surface area contributed by atoms with Crippen molar-refractivity contribution in [3.63, 3.8) is 0 Å². The van der Waals surface area contributed by atoms with Crippen molar-refractivity contribution in [3.8, 4) is 0 Å². The molecule has 0 aromatic carbocycles. The van der Waals surface area contributed by atoms with Crippen LogP contribution < -0.4 is 0 Å². The van der Waals surface area contributed by atoms with Crippen molar-refractivity contribution in [1.29, 1.82) is 0 Å². The SMILES string of the molecule is C=CCCC(O)CCCC=C(C)C. The summed E-state index contributed by atoms with van der Waals surface area (Å²) in [6.45, 7) is 7.84. The van der Waals surface area contributed by atoms with Crippen LogP contribution in [0.1, 0.15) is 46.0 Å². The van der Waals surface area contributed by atoms with E-state index in [1.807, 2.05) is 6.08 Å². The number of unbranched alkanes of at least 4 members (excludes halogenated alkanes) is 1. The predicted octanol–water partition coefficient (Wildman–Crippen LogP) is 3.45. The predicted molar refractivity (Wildman–Crippen MR) is 58.7 cm³/mol. The van der Waals surface area contributed by atoms with Gasteiger partial charge >= 0.3 is 0 Å². The van der Waals surface area contributed by atoms with Crippen molar-refractivity contribution < 1.29 is 5.11 Å². The Morgan fingerprint density at radius 2 is 2.00 bits per heavy atom. The van der Waals surface area contributed by atoms with Gasteiger partial charge in [0.2, 0.25) is 0 Å². The zero-order chi connectivity index (χ0) is 10.1. The third kappa shape index (κ3) is 9.35. The average Bonchev–Trinajstić information content (AvgIpc) is 2.08. The lowest BCUT2D eigenvalue weighted by Gasteiger charge is -2.07. The molecule has 0 fully saturated rings. The molecule has 0 bridgehead atoms. The molecule has 0 radical (unpaired) electrons. The highest BCUT2D eigenvalue weighted by Gasteiger charge is 2.00. The van der Waals surface area contributed by atoms with Gasteiger partial charge in [0.05, 0.1) is 6.10 Å². The van der Waals surface area contributed by atoms with Gasteiger partial charge in [-0.05, 0) is 46.0 Å². The second kappa shape index (κ2) is 8.06. The zero-order valence-corrected chi connectivity index (χ0v) is 8.92. The lowest BCUT2D eigenvalue weighted by molar-refractivity contribution is 0.153. The summed E-state index contributed by atoms with van der Waals surface area (Å²) in [7, 11) is 0. The van der Waals surface area contributed by atoms with E-state index in [1.54, 1.807) is 0 Å². The van der Waals surface area contributed by atoms with Gasteiger partial charge in [-0.3, -0.25) is 0 Å². The third-order valence-electron chi connectivity index (χ3n) is 2.00. The van der Waals surface area contributed by atoms with E-state index in [9.17, 15) is 5.11 Å². The first-order valence-electron chi connectivity index (χ1n) is 5.09. The molecule has 0 saturated heterocycles. The van der Waals surface area contributed by atoms with Crippen molar-refractivity contribution >= 4 is 0 Å². The first-order valence-corrected chi connectivity index (χ1v) is 5.09. The molecule has 76 valence electrons. The Labute approximate surface area is 82.2 Å². The van der Waals surface area contributed by atoms with Gasteiger partial charge in [-0.25, -0.2) is 0 Å². The van der Waals surface area contributed by atoms with Crippen LogP contribution in [0.5, 0.6) is 0 Å². The second-order valence-electron chi connectivity index (χ2n) is 3.73. The van der Waals surface area contributed by atoms with Gasteiger partial charge in [-0.1, -0.05) is 17.7 Å². The summed E-state index contributed by atoms with van der Waals surface area (Å²) in [5, 5.41) is 9.48. The fraction of sp³-hybridized carbons (Fsp3) is 0.667. The molecule has 0 aromatic heterocycles. The number of aliphatic hydroxyl groups excluding tert-OH is 1. The van der Waals surface area contributed by atoms with E-state index in [4.69, 9.17) is 0 Å². The number of rotatable bonds is 7. The summed E-state index contributed by atoms with van der Waals surface area (Å²) < 4.78 is 0. The van der Waals surface area contributed by atoms with Crippen LogP contribution in [0.3, 0.4) is 0 Å². The molecule has 0 aliphatic heterocycles. The highest BCUT2D eigenvalue weighted by atomic mass is 16.3. The maximum Gasteiger partial charge on any atom is 0.0543 e. The van der Waals surface area contributed by atoms with Crippen LogP contribution in [0, 0.1) is 0 Å². The Bertz CT molecular complexity index is 155. The number of aliphatic hydroxyl groups is 1. The molecule has 0 spiro atoms. The monoisotopic (exact) mass is 182 g/mol. The third-order valence-corrected chi connectivity index (χ3v) is 2.00. The lowest BCUT2D eigenvalue weighted by atomic mass is 10.1. The summed E-state index contributed by atoms with van der Waals surface area (Å²) in [6, 6.07) is 0. The van der Waals surface area contributed by atoms with E-state index in [2.05, 4.69) is 26.5 Å². The van der Waals surface area contributed by atoms with Crippen LogP contribution in [0.15, 0.2) is 24.3 Å². The first kappa shape index (κ1) is 12.4. The Morgan fingerprint density at radius 1 is 1.31 bits per heavy atom. The fourth-order valence-electron chi connectivity index (χ4n) is 1.20. The van der Waals surface area contributed by atoms with Crippen LogP contribution in [0.25, 0.3) is 0 Å². The van der Waals surface area contributed by atoms with Gasteiger partial charge in [0.1, 0.15) is 0 Å². The topological polar surface area (TPSA) is 20.2 Å². The molecule has 1 unspecified atom stereocenters. The highest BCUT2D eigenvalue weighted by molar-refractivity contribution is 4.92. The molecule has 0 aliphatic rings. The highest BCUT2D eigenvalue weighted by Crippen LogP contribution is 2.08. The summed E-state index contributed by atoms with van der Waals surface area (Å²) in [6.07, 6.45) is 8.82. The largest absolute Gasteiger partial charge is 0.393 e. The van der Waals surface area contributed by atoms with E-state index in [-0.39, 0.29) is 6.10 Å². The molecule has 0 saturated carbocycles. The number of allylic oxidation sites excluding steroid dienone is 3. The van der Waals surface area contributed by atoms with Crippen LogP contribution >= 0.6 is 0 Å². The quantitative estimate of drug-likeness (QED) is 0.472. The van der Waals surface area contributed by atoms with Crippen molar-refractivity contribution in [1.82, 2.24) is 0 Å². The van der Waals surface area contributed by atoms with Crippen molar-refractivity contribution in [2.24, 2.45) is 0 Å². The van der Waals surface area contributed by atoms with E-state index >= 15 is 0 Å². The minimum atomic E-state index is -0.136. The van der Waals surface area contributed by atoms with Gasteiger partial charge in [-0.2, -0.15) is 0 Å². The Morgan fingerprint density at radius 3 is 2.54 bits per heavy atom. The number of hydrogen-bond acceptors (Lipinski definition) is 1. The van der Waals surface area contributed by atoms with Gasteiger partial charge in [-0.15, -0.1) is 6.58 Å². The molecular formula is C12H22O. The molecular weight excluding hydrogens is 160 g/mol. The van der Waals surface area contributed by atoms with Crippen LogP contribution in [-0.4, -0.2) is 11.2 Å². The first-order chi connectivity index (χ1) is 6.16. The van der Waals surface area contributed by atoms with Crippen LogP contribution in [0.4, 0.5) is 0 Å². The molecule has 0 aliphatic carbocycles. The Hall–Kier alpha value is -0.560. The van der Waals surface area contributed by atoms with E-state index in [0.717, 1.165) is 32.1 Å². The molecule has 1 N–H and O–H groups in total. The van der Waals surface area contributed by atoms with Crippen molar-refractivity contribution in [3.05, 3.63) is 24.3 Å². The lowest BCUT2D eigenvalue weighted by Crippen LogP contribution is -2.04.